The summed E-state index contributed by atoms with van der Waals surface area (Å²) in [7, 11) is 1.47. The molecule has 0 unspecified atom stereocenters. The van der Waals surface area contributed by atoms with Crippen LogP contribution in [0.15, 0.2) is 53.8 Å². The molecule has 0 amide bonds. The Bertz CT molecular complexity index is 1100. The predicted molar refractivity (Wildman–Crippen MR) is 113 cm³/mol. The van der Waals surface area contributed by atoms with Crippen LogP contribution in [0.3, 0.4) is 0 Å². The van der Waals surface area contributed by atoms with E-state index < -0.39 is 5.97 Å². The monoisotopic (exact) mass is 468 g/mol. The van der Waals surface area contributed by atoms with Gasteiger partial charge in [0.2, 0.25) is 0 Å². The molecule has 8 nitrogen and oxygen atoms in total. The van der Waals surface area contributed by atoms with E-state index in [0.29, 0.717) is 32.1 Å². The van der Waals surface area contributed by atoms with E-state index >= 15 is 0 Å². The van der Waals surface area contributed by atoms with Crippen molar-refractivity contribution >= 4 is 46.6 Å². The number of oxime groups is 1. The quantitative estimate of drug-likeness (QED) is 0.239. The minimum Gasteiger partial charge on any atom is -0.496 e. The number of hydrogen-bond donors (Lipinski definition) is 1. The van der Waals surface area contributed by atoms with Crippen LogP contribution in [0.25, 0.3) is 0 Å². The molecule has 0 aliphatic rings. The molecule has 156 valence electrons. The van der Waals surface area contributed by atoms with E-state index in [4.69, 9.17) is 54.8 Å². The maximum absolute atomic E-state index is 12.2. The molecule has 0 radical (unpaired) electrons. The highest BCUT2D eigenvalue weighted by atomic mass is 35.5. The second-order valence-electron chi connectivity index (χ2n) is 5.79. The smallest absolute Gasteiger partial charge is 0.385 e. The van der Waals surface area contributed by atoms with Gasteiger partial charge in [-0.05, 0) is 42.5 Å². The fourth-order valence-electron chi connectivity index (χ4n) is 2.34. The molecule has 1 heterocycles. The summed E-state index contributed by atoms with van der Waals surface area (Å²) in [4.78, 5) is 17.1. The Morgan fingerprint density at radius 2 is 1.80 bits per heavy atom. The van der Waals surface area contributed by atoms with Crippen molar-refractivity contribution in [1.82, 2.24) is 9.78 Å². The number of nitrogens with two attached hydrogens (primary N) is 1. The van der Waals surface area contributed by atoms with Crippen LogP contribution in [0.5, 0.6) is 11.5 Å². The van der Waals surface area contributed by atoms with Crippen molar-refractivity contribution in [1.29, 1.82) is 0 Å². The van der Waals surface area contributed by atoms with E-state index in [1.165, 1.54) is 24.1 Å². The van der Waals surface area contributed by atoms with Gasteiger partial charge in [-0.1, -0.05) is 40.0 Å². The lowest BCUT2D eigenvalue weighted by Crippen LogP contribution is -2.16. The largest absolute Gasteiger partial charge is 0.496 e. The van der Waals surface area contributed by atoms with Gasteiger partial charge in [-0.3, -0.25) is 0 Å². The molecule has 0 atom stereocenters. The lowest BCUT2D eigenvalue weighted by Gasteiger charge is -2.08. The number of carbonyl (C=O) groups excluding carboxylic acids is 1. The Morgan fingerprint density at radius 1 is 1.10 bits per heavy atom. The first-order valence-electron chi connectivity index (χ1n) is 8.37. The number of halogens is 3. The summed E-state index contributed by atoms with van der Waals surface area (Å²) >= 11 is 17.9. The number of methoxy groups -OCH3 is 1. The third-order valence-corrected chi connectivity index (χ3v) is 4.53. The number of amidine groups is 1. The Kier molecular flexibility index (Phi) is 7.04. The minimum absolute atomic E-state index is 0.00964. The zero-order chi connectivity index (χ0) is 21.7. The number of carbonyl (C=O) groups is 1. The maximum atomic E-state index is 12.2. The second-order valence-corrected chi connectivity index (χ2v) is 7.07. The molecule has 0 saturated carbocycles. The van der Waals surface area contributed by atoms with Gasteiger partial charge in [0.05, 0.1) is 17.7 Å². The average Bonchev–Trinajstić information content (AvgIpc) is 3.20. The third kappa shape index (κ3) is 5.35. The molecule has 11 heteroatoms. The van der Waals surface area contributed by atoms with Crippen molar-refractivity contribution in [3.05, 3.63) is 75.0 Å². The van der Waals surface area contributed by atoms with Crippen molar-refractivity contribution in [3.63, 3.8) is 0 Å². The van der Waals surface area contributed by atoms with Gasteiger partial charge >= 0.3 is 5.97 Å². The Hall–Kier alpha value is -2.94. The van der Waals surface area contributed by atoms with Gasteiger partial charge in [-0.15, -0.1) is 0 Å². The van der Waals surface area contributed by atoms with Crippen molar-refractivity contribution < 1.29 is 19.1 Å². The van der Waals surface area contributed by atoms with Crippen LogP contribution in [-0.4, -0.2) is 28.7 Å². The first kappa shape index (κ1) is 21.8. The number of nitrogens with zero attached hydrogens (tertiary/aromatic N) is 3. The first-order valence-corrected chi connectivity index (χ1v) is 9.51. The lowest BCUT2D eigenvalue weighted by molar-refractivity contribution is 0.0507. The molecule has 1 aromatic heterocycles. The molecule has 0 aliphatic heterocycles. The van der Waals surface area contributed by atoms with Gasteiger partial charge in [0.1, 0.15) is 11.5 Å². The van der Waals surface area contributed by atoms with Gasteiger partial charge in [0.25, 0.3) is 0 Å². The summed E-state index contributed by atoms with van der Waals surface area (Å²) in [5.41, 5.74) is 6.27. The number of aromatic nitrogens is 2. The van der Waals surface area contributed by atoms with Crippen LogP contribution in [0, 0.1) is 0 Å². The maximum Gasteiger partial charge on any atom is 0.385 e. The minimum atomic E-state index is -0.803. The molecule has 3 rings (SSSR count). The molecule has 0 aliphatic carbocycles. The number of benzene rings is 2. The van der Waals surface area contributed by atoms with Gasteiger partial charge in [0, 0.05) is 16.2 Å². The zero-order valence-electron chi connectivity index (χ0n) is 15.5. The van der Waals surface area contributed by atoms with E-state index in [1.807, 2.05) is 0 Å². The van der Waals surface area contributed by atoms with E-state index in [0.717, 1.165) is 0 Å². The average molecular weight is 470 g/mol. The summed E-state index contributed by atoms with van der Waals surface area (Å²) in [5, 5.41) is 8.98. The fourth-order valence-corrected chi connectivity index (χ4v) is 2.97. The highest BCUT2D eigenvalue weighted by Gasteiger charge is 2.14. The van der Waals surface area contributed by atoms with Crippen molar-refractivity contribution in [2.24, 2.45) is 10.9 Å². The summed E-state index contributed by atoms with van der Waals surface area (Å²) in [6.07, 6.45) is 1.54. The fraction of sp³-hybridized carbons (Fsp3) is 0.105. The van der Waals surface area contributed by atoms with Crippen LogP contribution in [-0.2, 0) is 11.6 Å². The molecule has 0 spiro atoms. The molecule has 0 bridgehead atoms. The van der Waals surface area contributed by atoms with E-state index in [9.17, 15) is 4.79 Å². The summed E-state index contributed by atoms with van der Waals surface area (Å²) in [6.45, 7) is 0.0136. The molecule has 3 aromatic rings. The van der Waals surface area contributed by atoms with Crippen molar-refractivity contribution in [2.45, 2.75) is 6.73 Å². The van der Waals surface area contributed by atoms with Gasteiger partial charge < -0.3 is 20.0 Å². The molecular formula is C19H15Cl3N4O4. The Balaban J connectivity index is 1.63. The van der Waals surface area contributed by atoms with Crippen LogP contribution in [0.2, 0.25) is 15.1 Å². The van der Waals surface area contributed by atoms with Crippen LogP contribution in [0.1, 0.15) is 16.1 Å². The van der Waals surface area contributed by atoms with E-state index in [1.54, 1.807) is 36.4 Å². The standard InChI is InChI=1S/C19H15Cl3N4O4/c1-28-16-4-2-11(20)8-13(16)18(23)25-30-19(27)15-6-7-26(24-15)10-29-17-5-3-12(21)9-14(17)22/h2-9H,10H2,1H3,(H2,23,25). The highest BCUT2D eigenvalue weighted by molar-refractivity contribution is 6.35. The molecule has 30 heavy (non-hydrogen) atoms. The van der Waals surface area contributed by atoms with E-state index in [2.05, 4.69) is 10.3 Å². The normalized spacial score (nSPS) is 11.3. The van der Waals surface area contributed by atoms with Crippen molar-refractivity contribution in [2.75, 3.05) is 7.11 Å². The Morgan fingerprint density at radius 3 is 2.50 bits per heavy atom. The van der Waals surface area contributed by atoms with Crippen LogP contribution >= 0.6 is 34.8 Å². The topological polar surface area (TPSA) is 101 Å². The molecule has 0 fully saturated rings. The van der Waals surface area contributed by atoms with Gasteiger partial charge in [0.15, 0.2) is 18.3 Å². The second kappa shape index (κ2) is 9.71. The predicted octanol–water partition coefficient (Wildman–Crippen LogP) is 4.37. The molecule has 2 aromatic carbocycles. The SMILES string of the molecule is COc1ccc(Cl)cc1/C(N)=N/OC(=O)c1ccn(COc2ccc(Cl)cc2Cl)n1. The third-order valence-electron chi connectivity index (χ3n) is 3.76. The lowest BCUT2D eigenvalue weighted by atomic mass is 10.2. The van der Waals surface area contributed by atoms with Crippen LogP contribution in [0.4, 0.5) is 0 Å². The van der Waals surface area contributed by atoms with Gasteiger partial charge in [-0.2, -0.15) is 5.10 Å². The molecule has 2 N–H and O–H groups in total. The van der Waals surface area contributed by atoms with E-state index in [-0.39, 0.29) is 18.3 Å². The number of ether oxygens (including phenoxy) is 2. The Labute approximate surface area is 186 Å². The van der Waals surface area contributed by atoms with Gasteiger partial charge in [-0.25, -0.2) is 9.48 Å². The highest BCUT2D eigenvalue weighted by Crippen LogP contribution is 2.27. The molecule has 0 saturated heterocycles. The summed E-state index contributed by atoms with van der Waals surface area (Å²) < 4.78 is 12.1. The number of rotatable bonds is 7. The zero-order valence-corrected chi connectivity index (χ0v) is 17.8. The first-order chi connectivity index (χ1) is 14.4. The van der Waals surface area contributed by atoms with Crippen molar-refractivity contribution in [3.8, 4) is 11.5 Å². The number of hydrogen-bond acceptors (Lipinski definition) is 6. The van der Waals surface area contributed by atoms with Crippen LogP contribution < -0.4 is 15.2 Å². The molecular weight excluding hydrogens is 455 g/mol. The summed E-state index contributed by atoms with van der Waals surface area (Å²) in [5.74, 6) is -0.0300. The summed E-state index contributed by atoms with van der Waals surface area (Å²) in [6, 6.07) is 11.1.